The molecule has 26 heavy (non-hydrogen) atoms. The summed E-state index contributed by atoms with van der Waals surface area (Å²) in [6, 6.07) is 0. The third-order valence-electron chi connectivity index (χ3n) is 3.56. The topological polar surface area (TPSA) is 169 Å². The van der Waals surface area contributed by atoms with E-state index in [1.807, 2.05) is 0 Å². The lowest BCUT2D eigenvalue weighted by Crippen LogP contribution is -2.49. The summed E-state index contributed by atoms with van der Waals surface area (Å²) in [6.45, 7) is -0.0219. The van der Waals surface area contributed by atoms with Gasteiger partial charge < -0.3 is 45.4 Å². The predicted molar refractivity (Wildman–Crippen MR) is 86.7 cm³/mol. The number of hydrogen-bond donors (Lipinski definition) is 7. The van der Waals surface area contributed by atoms with Gasteiger partial charge >= 0.3 is 0 Å². The van der Waals surface area contributed by atoms with E-state index in [0.29, 0.717) is 0 Å². The average molecular weight is 387 g/mol. The third-order valence-corrected chi connectivity index (χ3v) is 3.56. The van der Waals surface area contributed by atoms with Crippen LogP contribution in [-0.4, -0.2) is 106 Å². The molecule has 0 aliphatic heterocycles. The fourth-order valence-corrected chi connectivity index (χ4v) is 1.75. The van der Waals surface area contributed by atoms with Gasteiger partial charge in [-0.1, -0.05) is 0 Å². The van der Waals surface area contributed by atoms with Crippen LogP contribution in [0, 0.1) is 0 Å². The number of aliphatic hydroxyl groups excluding tert-OH is 6. The molecule has 3 unspecified atom stereocenters. The van der Waals surface area contributed by atoms with Crippen LogP contribution in [0.25, 0.3) is 0 Å². The first-order chi connectivity index (χ1) is 12.1. The standard InChI is InChI=1S/C15H30FNO9/c1-9(21)11(7-19)26-14(10(22)6-18)25-5-3-4-17-13(24)12(23)15(2,16)8-20/h9-12,14,18-23H,3-8H2,1-2H3,(H,17,24)/t9-,10-,11?,12-,14?,15?/m0/s1. The lowest BCUT2D eigenvalue weighted by molar-refractivity contribution is -0.240. The maximum Gasteiger partial charge on any atom is 0.252 e. The van der Waals surface area contributed by atoms with Crippen LogP contribution in [0.5, 0.6) is 0 Å². The lowest BCUT2D eigenvalue weighted by atomic mass is 10.0. The normalized spacial score (nSPS) is 19.9. The van der Waals surface area contributed by atoms with E-state index in [9.17, 15) is 24.5 Å². The molecule has 0 rings (SSSR count). The van der Waals surface area contributed by atoms with Gasteiger partial charge in [-0.25, -0.2) is 4.39 Å². The third kappa shape index (κ3) is 8.64. The van der Waals surface area contributed by atoms with E-state index in [4.69, 9.17) is 24.8 Å². The first-order valence-corrected chi connectivity index (χ1v) is 8.21. The molecule has 0 aliphatic rings. The Kier molecular flexibility index (Phi) is 12.0. The van der Waals surface area contributed by atoms with Gasteiger partial charge in [0.2, 0.25) is 0 Å². The second-order valence-electron chi connectivity index (χ2n) is 6.07. The van der Waals surface area contributed by atoms with E-state index in [0.717, 1.165) is 6.92 Å². The number of aliphatic hydroxyl groups is 6. The molecule has 10 nitrogen and oxygen atoms in total. The molecule has 0 saturated carbocycles. The molecule has 0 spiro atoms. The van der Waals surface area contributed by atoms with Crippen molar-refractivity contribution < 1.29 is 49.3 Å². The highest BCUT2D eigenvalue weighted by Gasteiger charge is 2.37. The maximum atomic E-state index is 13.6. The van der Waals surface area contributed by atoms with Crippen LogP contribution in [0.3, 0.4) is 0 Å². The fourth-order valence-electron chi connectivity index (χ4n) is 1.75. The minimum Gasteiger partial charge on any atom is -0.394 e. The Balaban J connectivity index is 4.33. The summed E-state index contributed by atoms with van der Waals surface area (Å²) in [6.07, 6.45) is -6.66. The van der Waals surface area contributed by atoms with Crippen molar-refractivity contribution in [2.75, 3.05) is 33.0 Å². The van der Waals surface area contributed by atoms with Crippen molar-refractivity contribution >= 4 is 5.91 Å². The van der Waals surface area contributed by atoms with Gasteiger partial charge in [-0.15, -0.1) is 0 Å². The van der Waals surface area contributed by atoms with E-state index in [-0.39, 0.29) is 19.6 Å². The number of ether oxygens (including phenoxy) is 2. The number of hydrogen-bond acceptors (Lipinski definition) is 9. The van der Waals surface area contributed by atoms with Gasteiger partial charge in [0.05, 0.1) is 32.5 Å². The number of carbonyl (C=O) groups is 1. The van der Waals surface area contributed by atoms with E-state index >= 15 is 0 Å². The van der Waals surface area contributed by atoms with Crippen molar-refractivity contribution in [2.45, 2.75) is 56.6 Å². The molecule has 0 aromatic rings. The number of halogens is 1. The molecule has 0 aromatic carbocycles. The van der Waals surface area contributed by atoms with Crippen molar-refractivity contribution in [3.8, 4) is 0 Å². The summed E-state index contributed by atoms with van der Waals surface area (Å²) >= 11 is 0. The Morgan fingerprint density at radius 3 is 2.27 bits per heavy atom. The van der Waals surface area contributed by atoms with E-state index < -0.39 is 62.1 Å². The number of rotatable bonds is 14. The second kappa shape index (κ2) is 12.5. The van der Waals surface area contributed by atoms with Crippen molar-refractivity contribution in [3.05, 3.63) is 0 Å². The molecule has 6 atom stereocenters. The lowest BCUT2D eigenvalue weighted by Gasteiger charge is -2.28. The predicted octanol–water partition coefficient (Wildman–Crippen LogP) is -2.97. The zero-order valence-electron chi connectivity index (χ0n) is 14.9. The molecule has 0 saturated heterocycles. The van der Waals surface area contributed by atoms with Crippen LogP contribution in [0.1, 0.15) is 20.3 Å². The molecule has 7 N–H and O–H groups in total. The van der Waals surface area contributed by atoms with Crippen molar-refractivity contribution in [1.29, 1.82) is 0 Å². The quantitative estimate of drug-likeness (QED) is 0.121. The minimum absolute atomic E-state index is 0.000820. The van der Waals surface area contributed by atoms with Gasteiger partial charge in [-0.2, -0.15) is 0 Å². The van der Waals surface area contributed by atoms with Crippen LogP contribution in [0.2, 0.25) is 0 Å². The first-order valence-electron chi connectivity index (χ1n) is 8.21. The van der Waals surface area contributed by atoms with Gasteiger partial charge in [-0.05, 0) is 20.3 Å². The highest BCUT2D eigenvalue weighted by Crippen LogP contribution is 2.15. The molecule has 0 aromatic heterocycles. The number of amides is 1. The first kappa shape index (κ1) is 25.1. The SMILES string of the molecule is C[C@H](O)C(CO)OC(OCCCNC(=O)[C@H](O)C(C)(F)CO)[C@@H](O)CO. The van der Waals surface area contributed by atoms with Crippen LogP contribution in [-0.2, 0) is 14.3 Å². The largest absolute Gasteiger partial charge is 0.394 e. The summed E-state index contributed by atoms with van der Waals surface area (Å²) in [5.41, 5.74) is -2.47. The molecular formula is C15H30FNO9. The molecule has 0 aliphatic carbocycles. The summed E-state index contributed by atoms with van der Waals surface area (Å²) in [7, 11) is 0. The van der Waals surface area contributed by atoms with Crippen LogP contribution < -0.4 is 5.32 Å². The Bertz CT molecular complexity index is 397. The second-order valence-corrected chi connectivity index (χ2v) is 6.07. The van der Waals surface area contributed by atoms with Gasteiger partial charge in [0.25, 0.3) is 5.91 Å². The molecule has 0 radical (unpaired) electrons. The number of alkyl halides is 1. The van der Waals surface area contributed by atoms with E-state index in [2.05, 4.69) is 5.32 Å². The van der Waals surface area contributed by atoms with Gasteiger partial charge in [0.1, 0.15) is 12.2 Å². The molecular weight excluding hydrogens is 357 g/mol. The minimum atomic E-state index is -2.47. The average Bonchev–Trinajstić information content (AvgIpc) is 2.61. The van der Waals surface area contributed by atoms with Crippen molar-refractivity contribution in [3.63, 3.8) is 0 Å². The summed E-state index contributed by atoms with van der Waals surface area (Å²) in [5, 5.41) is 57.6. The summed E-state index contributed by atoms with van der Waals surface area (Å²) in [4.78, 5) is 11.6. The van der Waals surface area contributed by atoms with Gasteiger partial charge in [-0.3, -0.25) is 4.79 Å². The fraction of sp³-hybridized carbons (Fsp3) is 0.933. The smallest absolute Gasteiger partial charge is 0.252 e. The molecule has 1 amide bonds. The number of nitrogens with one attached hydrogen (secondary N) is 1. The van der Waals surface area contributed by atoms with Crippen LogP contribution in [0.15, 0.2) is 0 Å². The van der Waals surface area contributed by atoms with E-state index in [1.54, 1.807) is 0 Å². The molecule has 0 heterocycles. The Labute approximate surface area is 151 Å². The highest BCUT2D eigenvalue weighted by molar-refractivity contribution is 5.81. The van der Waals surface area contributed by atoms with Crippen molar-refractivity contribution in [2.24, 2.45) is 0 Å². The molecule has 156 valence electrons. The van der Waals surface area contributed by atoms with Crippen LogP contribution >= 0.6 is 0 Å². The monoisotopic (exact) mass is 387 g/mol. The maximum absolute atomic E-state index is 13.6. The summed E-state index contributed by atoms with van der Waals surface area (Å²) in [5.74, 6) is -0.998. The van der Waals surface area contributed by atoms with Crippen molar-refractivity contribution in [1.82, 2.24) is 5.32 Å². The Morgan fingerprint density at radius 1 is 1.19 bits per heavy atom. The van der Waals surface area contributed by atoms with Crippen LogP contribution in [0.4, 0.5) is 4.39 Å². The summed E-state index contributed by atoms with van der Waals surface area (Å²) < 4.78 is 24.0. The Hall–Kier alpha value is -0.920. The Morgan fingerprint density at radius 2 is 1.81 bits per heavy atom. The van der Waals surface area contributed by atoms with Gasteiger partial charge in [0, 0.05) is 6.54 Å². The zero-order valence-corrected chi connectivity index (χ0v) is 14.9. The van der Waals surface area contributed by atoms with E-state index in [1.165, 1.54) is 6.92 Å². The molecule has 11 heteroatoms. The van der Waals surface area contributed by atoms with Gasteiger partial charge in [0.15, 0.2) is 18.1 Å². The molecule has 0 bridgehead atoms. The highest BCUT2D eigenvalue weighted by atomic mass is 19.1. The molecule has 0 fully saturated rings. The number of carbonyl (C=O) groups excluding carboxylic acids is 1. The zero-order chi connectivity index (χ0) is 20.3.